The van der Waals surface area contributed by atoms with Gasteiger partial charge in [0.25, 0.3) is 0 Å². The number of rotatable bonds is 2. The van der Waals surface area contributed by atoms with Gasteiger partial charge in [-0.1, -0.05) is 30.3 Å². The van der Waals surface area contributed by atoms with Crippen LogP contribution in [-0.2, 0) is 6.16 Å². The van der Waals surface area contributed by atoms with E-state index < -0.39 is 0 Å². The van der Waals surface area contributed by atoms with Gasteiger partial charge >= 0.3 is 0 Å². The van der Waals surface area contributed by atoms with E-state index in [-0.39, 0.29) is 0 Å². The summed E-state index contributed by atoms with van der Waals surface area (Å²) < 4.78 is 0. The molecule has 0 spiro atoms. The maximum absolute atomic E-state index is 5.39. The van der Waals surface area contributed by atoms with Gasteiger partial charge in [-0.05, 0) is 11.7 Å². The minimum Gasteiger partial charge on any atom is -0.167 e. The fraction of sp³-hybridized carbons (Fsp3) is 0.143. The van der Waals surface area contributed by atoms with E-state index >= 15 is 0 Å². The Balaban J connectivity index is 2.61. The van der Waals surface area contributed by atoms with E-state index in [2.05, 4.69) is 12.1 Å². The molecule has 2 radical (unpaired) electrons. The minimum absolute atomic E-state index is 0.535. The van der Waals surface area contributed by atoms with E-state index in [4.69, 9.17) is 7.57 Å². The third-order valence-electron chi connectivity index (χ3n) is 1.15. The van der Waals surface area contributed by atoms with Crippen molar-refractivity contribution in [3.05, 3.63) is 35.9 Å². The zero-order valence-electron chi connectivity index (χ0n) is 5.17. The first-order chi connectivity index (χ1) is 4.43. The fourth-order valence-corrected chi connectivity index (χ4v) is 1.19. The van der Waals surface area contributed by atoms with Crippen LogP contribution in [0.25, 0.3) is 0 Å². The van der Waals surface area contributed by atoms with E-state index in [1.54, 1.807) is 0 Å². The Morgan fingerprint density at radius 1 is 1.22 bits per heavy atom. The molecule has 0 amide bonds. The maximum atomic E-state index is 5.39. The van der Waals surface area contributed by atoms with Crippen LogP contribution in [0.15, 0.2) is 30.3 Å². The second-order valence-corrected chi connectivity index (χ2v) is 2.63. The Morgan fingerprint density at radius 2 is 1.89 bits per heavy atom. The lowest BCUT2D eigenvalue weighted by atomic mass is 10.2. The molecule has 9 heavy (non-hydrogen) atoms. The molecular weight excluding hydrogens is 126 g/mol. The molecule has 1 atom stereocenters. The van der Waals surface area contributed by atoms with Crippen LogP contribution in [0.3, 0.4) is 0 Å². The molecule has 0 bridgehead atoms. The van der Waals surface area contributed by atoms with Crippen molar-refractivity contribution in [2.24, 2.45) is 0 Å². The van der Waals surface area contributed by atoms with Crippen LogP contribution < -0.4 is 0 Å². The van der Waals surface area contributed by atoms with Gasteiger partial charge in [0.05, 0.1) is 0 Å². The molecule has 44 valence electrons. The van der Waals surface area contributed by atoms with Crippen LogP contribution >= 0.6 is 8.46 Å². The first-order valence-electron chi connectivity index (χ1n) is 2.91. The Labute approximate surface area is 58.8 Å². The van der Waals surface area contributed by atoms with Gasteiger partial charge in [0.1, 0.15) is 7.57 Å². The Bertz CT molecular complexity index is 162. The average Bonchev–Trinajstić information content (AvgIpc) is 1.91. The van der Waals surface area contributed by atoms with Gasteiger partial charge in [-0.2, -0.15) is 8.46 Å². The molecule has 2 heteroatoms. The molecule has 1 aromatic rings. The van der Waals surface area contributed by atoms with Crippen LogP contribution in [0, 0.1) is 0 Å². The van der Waals surface area contributed by atoms with Crippen molar-refractivity contribution in [2.45, 2.75) is 6.16 Å². The molecule has 0 heterocycles. The van der Waals surface area contributed by atoms with Gasteiger partial charge in [0.15, 0.2) is 0 Å². The summed E-state index contributed by atoms with van der Waals surface area (Å²) in [6.07, 6.45) is 1.01. The summed E-state index contributed by atoms with van der Waals surface area (Å²) in [7, 11) is 5.92. The number of benzene rings is 1. The highest BCUT2D eigenvalue weighted by molar-refractivity contribution is 7.65. The highest BCUT2D eigenvalue weighted by Gasteiger charge is 1.84. The zero-order chi connectivity index (χ0) is 6.53. The summed E-state index contributed by atoms with van der Waals surface area (Å²) in [6.45, 7) is 0. The van der Waals surface area contributed by atoms with Gasteiger partial charge in [-0.15, -0.1) is 0 Å². The van der Waals surface area contributed by atoms with Gasteiger partial charge in [0, 0.05) is 0 Å². The lowest BCUT2D eigenvalue weighted by molar-refractivity contribution is 1.42. The minimum atomic E-state index is 0.535. The van der Waals surface area contributed by atoms with Crippen molar-refractivity contribution in [3.8, 4) is 0 Å². The second kappa shape index (κ2) is 3.69. The quantitative estimate of drug-likeness (QED) is 0.428. The van der Waals surface area contributed by atoms with Crippen LogP contribution in [0.2, 0.25) is 0 Å². The summed E-state index contributed by atoms with van der Waals surface area (Å²) in [4.78, 5) is 0. The molecule has 0 saturated heterocycles. The summed E-state index contributed by atoms with van der Waals surface area (Å²) in [5.41, 5.74) is 1.33. The smallest absolute Gasteiger partial charge is 0.105 e. The van der Waals surface area contributed by atoms with E-state index in [1.807, 2.05) is 18.2 Å². The lowest BCUT2D eigenvalue weighted by Gasteiger charge is -1.94. The molecule has 0 aliphatic heterocycles. The molecule has 0 N–H and O–H groups in total. The van der Waals surface area contributed by atoms with Gasteiger partial charge < -0.3 is 0 Å². The Morgan fingerprint density at radius 3 is 2.44 bits per heavy atom. The first kappa shape index (κ1) is 6.83. The maximum Gasteiger partial charge on any atom is 0.105 e. The van der Waals surface area contributed by atoms with Crippen molar-refractivity contribution in [1.29, 1.82) is 0 Å². The SMILES string of the molecule is [B]PCc1ccccc1. The third kappa shape index (κ3) is 2.19. The number of hydrogen-bond acceptors (Lipinski definition) is 0. The predicted molar refractivity (Wildman–Crippen MR) is 44.2 cm³/mol. The van der Waals surface area contributed by atoms with Gasteiger partial charge in [-0.3, -0.25) is 0 Å². The molecular formula is C7H8BP. The molecule has 1 unspecified atom stereocenters. The summed E-state index contributed by atoms with van der Waals surface area (Å²) in [5.74, 6) is 0. The van der Waals surface area contributed by atoms with Gasteiger partial charge in [-0.25, -0.2) is 0 Å². The predicted octanol–water partition coefficient (Wildman–Crippen LogP) is 1.95. The van der Waals surface area contributed by atoms with Crippen molar-refractivity contribution in [3.63, 3.8) is 0 Å². The van der Waals surface area contributed by atoms with E-state index in [0.29, 0.717) is 8.46 Å². The Hall–Kier alpha value is -0.285. The molecule has 1 aromatic carbocycles. The highest BCUT2D eigenvalue weighted by Crippen LogP contribution is 2.11. The largest absolute Gasteiger partial charge is 0.167 e. The average molecular weight is 134 g/mol. The molecule has 1 rings (SSSR count). The van der Waals surface area contributed by atoms with Crippen LogP contribution in [0.5, 0.6) is 0 Å². The van der Waals surface area contributed by atoms with E-state index in [9.17, 15) is 0 Å². The number of hydrogen-bond donors (Lipinski definition) is 0. The van der Waals surface area contributed by atoms with E-state index in [0.717, 1.165) is 6.16 Å². The fourth-order valence-electron chi connectivity index (χ4n) is 0.714. The third-order valence-corrected chi connectivity index (χ3v) is 1.76. The second-order valence-electron chi connectivity index (χ2n) is 1.87. The van der Waals surface area contributed by atoms with Crippen molar-refractivity contribution < 1.29 is 0 Å². The standard InChI is InChI=1S/C7H8BP/c8-9-6-7-4-2-1-3-5-7/h1-5,9H,6H2. The zero-order valence-corrected chi connectivity index (χ0v) is 6.17. The summed E-state index contributed by atoms with van der Waals surface area (Å²) in [6, 6.07) is 10.3. The molecule has 0 nitrogen and oxygen atoms in total. The monoisotopic (exact) mass is 134 g/mol. The van der Waals surface area contributed by atoms with Crippen LogP contribution in [-0.4, -0.2) is 7.57 Å². The van der Waals surface area contributed by atoms with Crippen LogP contribution in [0.1, 0.15) is 5.56 Å². The van der Waals surface area contributed by atoms with E-state index in [1.165, 1.54) is 5.56 Å². The molecule has 0 aromatic heterocycles. The Kier molecular flexibility index (Phi) is 2.80. The topological polar surface area (TPSA) is 0 Å². The molecule has 0 saturated carbocycles. The van der Waals surface area contributed by atoms with Crippen molar-refractivity contribution in [1.82, 2.24) is 0 Å². The highest BCUT2D eigenvalue weighted by atomic mass is 31.1. The van der Waals surface area contributed by atoms with Crippen LogP contribution in [0.4, 0.5) is 0 Å². The van der Waals surface area contributed by atoms with Crippen molar-refractivity contribution in [2.75, 3.05) is 0 Å². The first-order valence-corrected chi connectivity index (χ1v) is 4.19. The lowest BCUT2D eigenvalue weighted by Crippen LogP contribution is -1.73. The van der Waals surface area contributed by atoms with Gasteiger partial charge in [0.2, 0.25) is 0 Å². The normalized spacial score (nSPS) is 10.7. The molecule has 0 aliphatic rings. The van der Waals surface area contributed by atoms with Crippen molar-refractivity contribution >= 4 is 16.0 Å². The summed E-state index contributed by atoms with van der Waals surface area (Å²) >= 11 is 0. The summed E-state index contributed by atoms with van der Waals surface area (Å²) in [5, 5.41) is 0. The molecule has 0 aliphatic carbocycles. The molecule has 0 fully saturated rings.